The highest BCUT2D eigenvalue weighted by Gasteiger charge is 2.47. The van der Waals surface area contributed by atoms with Gasteiger partial charge in [-0.25, -0.2) is 4.39 Å². The van der Waals surface area contributed by atoms with Gasteiger partial charge in [0.1, 0.15) is 0 Å². The Kier molecular flexibility index (Phi) is 5.08. The van der Waals surface area contributed by atoms with Crippen LogP contribution in [0.25, 0.3) is 0 Å². The van der Waals surface area contributed by atoms with Gasteiger partial charge >= 0.3 is 0 Å². The predicted molar refractivity (Wildman–Crippen MR) is 83.8 cm³/mol. The fourth-order valence-electron chi connectivity index (χ4n) is 3.43. The molecule has 2 fully saturated rings. The van der Waals surface area contributed by atoms with E-state index in [2.05, 4.69) is 0 Å². The van der Waals surface area contributed by atoms with E-state index < -0.39 is 23.0 Å². The second-order valence-electron chi connectivity index (χ2n) is 6.58. The van der Waals surface area contributed by atoms with E-state index in [1.165, 1.54) is 12.1 Å². The van der Waals surface area contributed by atoms with Gasteiger partial charge in [0.05, 0.1) is 25.4 Å². The van der Waals surface area contributed by atoms with Gasteiger partial charge in [-0.1, -0.05) is 13.3 Å². The van der Waals surface area contributed by atoms with Crippen molar-refractivity contribution in [2.24, 2.45) is 0 Å². The molecule has 1 aromatic rings. The number of halogens is 2. The minimum atomic E-state index is -1.41. The highest BCUT2D eigenvalue weighted by Crippen LogP contribution is 2.46. The van der Waals surface area contributed by atoms with Gasteiger partial charge in [0, 0.05) is 18.4 Å². The van der Waals surface area contributed by atoms with Gasteiger partial charge < -0.3 is 19.3 Å². The molecule has 0 aromatic heterocycles. The van der Waals surface area contributed by atoms with Gasteiger partial charge in [0.15, 0.2) is 17.4 Å². The molecule has 2 aliphatic rings. The Morgan fingerprint density at radius 2 is 1.75 bits per heavy atom. The van der Waals surface area contributed by atoms with E-state index in [0.29, 0.717) is 32.7 Å². The number of hydrogen-bond acceptors (Lipinski definition) is 4. The average molecular weight is 342 g/mol. The first-order valence-electron chi connectivity index (χ1n) is 8.61. The number of benzene rings is 1. The quantitative estimate of drug-likeness (QED) is 0.830. The fraction of sp³-hybridized carbons (Fsp3) is 0.667. The molecule has 1 heterocycles. The van der Waals surface area contributed by atoms with Crippen molar-refractivity contribution in [2.75, 3.05) is 19.8 Å². The van der Waals surface area contributed by atoms with E-state index in [4.69, 9.17) is 14.2 Å². The minimum absolute atomic E-state index is 0.0179. The monoisotopic (exact) mass is 342 g/mol. The van der Waals surface area contributed by atoms with Crippen molar-refractivity contribution in [1.82, 2.24) is 0 Å². The van der Waals surface area contributed by atoms with Crippen LogP contribution < -0.4 is 4.74 Å². The molecule has 24 heavy (non-hydrogen) atoms. The van der Waals surface area contributed by atoms with Gasteiger partial charge in [-0.05, 0) is 31.4 Å². The van der Waals surface area contributed by atoms with E-state index in [9.17, 15) is 13.9 Å². The summed E-state index contributed by atoms with van der Waals surface area (Å²) in [6.45, 7) is 3.40. The first-order valence-corrected chi connectivity index (χ1v) is 8.61. The van der Waals surface area contributed by atoms with Crippen molar-refractivity contribution in [3.63, 3.8) is 0 Å². The van der Waals surface area contributed by atoms with Crippen LogP contribution in [0.2, 0.25) is 0 Å². The molecule has 1 saturated carbocycles. The van der Waals surface area contributed by atoms with Gasteiger partial charge in [0.25, 0.3) is 0 Å². The number of unbranched alkanes of at least 4 members (excludes halogenated alkanes) is 1. The summed E-state index contributed by atoms with van der Waals surface area (Å²) < 4.78 is 45.2. The summed E-state index contributed by atoms with van der Waals surface area (Å²) in [7, 11) is 0. The van der Waals surface area contributed by atoms with Crippen molar-refractivity contribution < 1.29 is 28.1 Å². The normalized spacial score (nSPS) is 22.0. The number of rotatable bonds is 5. The summed E-state index contributed by atoms with van der Waals surface area (Å²) >= 11 is 0. The van der Waals surface area contributed by atoms with Crippen LogP contribution in [0, 0.1) is 11.6 Å². The lowest BCUT2D eigenvalue weighted by atomic mass is 9.77. The number of ether oxygens (including phenoxy) is 3. The highest BCUT2D eigenvalue weighted by molar-refractivity contribution is 5.34. The summed E-state index contributed by atoms with van der Waals surface area (Å²) in [5.41, 5.74) is -1.43. The van der Waals surface area contributed by atoms with Crippen LogP contribution >= 0.6 is 0 Å². The molecule has 1 aromatic carbocycles. The van der Waals surface area contributed by atoms with Gasteiger partial charge in [-0.15, -0.1) is 0 Å². The van der Waals surface area contributed by atoms with Crippen LogP contribution in [0.1, 0.15) is 51.0 Å². The third-order valence-electron chi connectivity index (χ3n) is 4.96. The van der Waals surface area contributed by atoms with Crippen LogP contribution in [-0.2, 0) is 15.1 Å². The van der Waals surface area contributed by atoms with Gasteiger partial charge in [-0.2, -0.15) is 4.39 Å². The zero-order valence-corrected chi connectivity index (χ0v) is 13.9. The first-order chi connectivity index (χ1) is 11.5. The molecular formula is C18H24F2O4. The van der Waals surface area contributed by atoms with Gasteiger partial charge in [-0.3, -0.25) is 0 Å². The summed E-state index contributed by atoms with van der Waals surface area (Å²) in [5.74, 6) is -2.84. The lowest BCUT2D eigenvalue weighted by molar-refractivity contribution is -0.204. The van der Waals surface area contributed by atoms with E-state index in [0.717, 1.165) is 12.8 Å². The van der Waals surface area contributed by atoms with Crippen LogP contribution in [0.3, 0.4) is 0 Å². The van der Waals surface area contributed by atoms with E-state index in [1.807, 2.05) is 6.92 Å². The maximum absolute atomic E-state index is 14.5. The Labute approximate surface area is 140 Å². The van der Waals surface area contributed by atoms with E-state index in [-0.39, 0.29) is 24.2 Å². The maximum atomic E-state index is 14.5. The molecule has 1 aliphatic carbocycles. The summed E-state index contributed by atoms with van der Waals surface area (Å²) in [6, 6.07) is 2.82. The molecule has 4 nitrogen and oxygen atoms in total. The van der Waals surface area contributed by atoms with Crippen LogP contribution in [0.15, 0.2) is 12.1 Å². The highest BCUT2D eigenvalue weighted by atomic mass is 19.2. The second kappa shape index (κ2) is 6.94. The summed E-state index contributed by atoms with van der Waals surface area (Å²) in [4.78, 5) is 0. The zero-order valence-electron chi connectivity index (χ0n) is 13.9. The minimum Gasteiger partial charge on any atom is -0.490 e. The molecule has 1 N–H and O–H groups in total. The van der Waals surface area contributed by atoms with Crippen molar-refractivity contribution in [2.45, 2.75) is 56.8 Å². The molecule has 134 valence electrons. The lowest BCUT2D eigenvalue weighted by Gasteiger charge is -2.40. The van der Waals surface area contributed by atoms with Crippen molar-refractivity contribution in [1.29, 1.82) is 0 Å². The molecule has 3 rings (SSSR count). The Balaban J connectivity index is 1.75. The van der Waals surface area contributed by atoms with Crippen molar-refractivity contribution in [3.8, 4) is 5.75 Å². The van der Waals surface area contributed by atoms with Crippen molar-refractivity contribution >= 4 is 0 Å². The van der Waals surface area contributed by atoms with Crippen molar-refractivity contribution in [3.05, 3.63) is 29.3 Å². The Bertz CT molecular complexity index is 575. The first kappa shape index (κ1) is 17.6. The SMILES string of the molecule is CCCCOc1ccc(C2(O)CCC3(CC2)OCCO3)c(F)c1F. The number of hydrogen-bond donors (Lipinski definition) is 1. The third kappa shape index (κ3) is 3.27. The molecule has 0 unspecified atom stereocenters. The lowest BCUT2D eigenvalue weighted by Crippen LogP contribution is -2.42. The van der Waals surface area contributed by atoms with Gasteiger partial charge in [0.2, 0.25) is 5.82 Å². The summed E-state index contributed by atoms with van der Waals surface area (Å²) in [6.07, 6.45) is 3.13. The third-order valence-corrected chi connectivity index (χ3v) is 4.96. The smallest absolute Gasteiger partial charge is 0.200 e. The van der Waals surface area contributed by atoms with Crippen LogP contribution in [0.5, 0.6) is 5.75 Å². The topological polar surface area (TPSA) is 47.9 Å². The predicted octanol–water partition coefficient (Wildman–Crippen LogP) is 3.65. The second-order valence-corrected chi connectivity index (χ2v) is 6.58. The summed E-state index contributed by atoms with van der Waals surface area (Å²) in [5, 5.41) is 10.8. The molecule has 1 spiro atoms. The molecule has 0 atom stereocenters. The van der Waals surface area contributed by atoms with Crippen LogP contribution in [-0.4, -0.2) is 30.7 Å². The van der Waals surface area contributed by atoms with E-state index >= 15 is 0 Å². The Hall–Kier alpha value is -1.24. The molecule has 1 aliphatic heterocycles. The maximum Gasteiger partial charge on any atom is 0.200 e. The Morgan fingerprint density at radius 3 is 2.38 bits per heavy atom. The molecule has 0 radical (unpaired) electrons. The van der Waals surface area contributed by atoms with E-state index in [1.54, 1.807) is 0 Å². The fourth-order valence-corrected chi connectivity index (χ4v) is 3.43. The molecular weight excluding hydrogens is 318 g/mol. The molecule has 1 saturated heterocycles. The average Bonchev–Trinajstić information content (AvgIpc) is 3.04. The largest absolute Gasteiger partial charge is 0.490 e. The molecule has 0 bridgehead atoms. The standard InChI is InChI=1S/C18H24F2O4/c1-2-3-10-22-14-5-4-13(15(19)16(14)20)17(21)6-8-18(9-7-17)23-11-12-24-18/h4-5,21H,2-3,6-12H2,1H3. The Morgan fingerprint density at radius 1 is 1.08 bits per heavy atom. The molecule has 0 amide bonds. The molecule has 6 heteroatoms. The van der Waals surface area contributed by atoms with Crippen LogP contribution in [0.4, 0.5) is 8.78 Å². The number of aliphatic hydroxyl groups is 1. The zero-order chi connectivity index (χ0) is 17.2.